The lowest BCUT2D eigenvalue weighted by molar-refractivity contribution is -0.134. The van der Waals surface area contributed by atoms with E-state index < -0.39 is 0 Å². The maximum atomic E-state index is 12.3. The molecular formula is C18H27N3O4. The van der Waals surface area contributed by atoms with E-state index in [1.165, 1.54) is 0 Å². The normalized spacial score (nSPS) is 15.6. The quantitative estimate of drug-likeness (QED) is 0.806. The second-order valence-corrected chi connectivity index (χ2v) is 5.98. The summed E-state index contributed by atoms with van der Waals surface area (Å²) in [5.74, 6) is 0.618. The molecule has 7 nitrogen and oxygen atoms in total. The minimum atomic E-state index is -0.100. The summed E-state index contributed by atoms with van der Waals surface area (Å²) in [5, 5.41) is 2.96. The number of nitrogens with zero attached hydrogens (tertiary/aromatic N) is 2. The van der Waals surface area contributed by atoms with E-state index in [1.54, 1.807) is 16.9 Å². The largest absolute Gasteiger partial charge is 0.484 e. The molecule has 1 fully saturated rings. The fraction of sp³-hybridized carbons (Fsp3) is 0.556. The summed E-state index contributed by atoms with van der Waals surface area (Å²) in [6.07, 6.45) is 0.814. The second kappa shape index (κ2) is 9.88. The number of carbonyl (C=O) groups is 2. The third-order valence-corrected chi connectivity index (χ3v) is 4.21. The van der Waals surface area contributed by atoms with Crippen LogP contribution in [0.4, 0.5) is 4.79 Å². The highest BCUT2D eigenvalue weighted by molar-refractivity contribution is 5.79. The van der Waals surface area contributed by atoms with Crippen LogP contribution in [0.15, 0.2) is 30.3 Å². The molecule has 25 heavy (non-hydrogen) atoms. The third-order valence-electron chi connectivity index (χ3n) is 4.21. The summed E-state index contributed by atoms with van der Waals surface area (Å²) in [7, 11) is 1.62. The molecule has 1 atom stereocenters. The zero-order chi connectivity index (χ0) is 18.1. The first-order valence-corrected chi connectivity index (χ1v) is 8.64. The lowest BCUT2D eigenvalue weighted by Crippen LogP contribution is -2.55. The first-order valence-electron chi connectivity index (χ1n) is 8.64. The molecule has 0 saturated carbocycles. The zero-order valence-electron chi connectivity index (χ0n) is 14.9. The Morgan fingerprint density at radius 2 is 1.76 bits per heavy atom. The minimum Gasteiger partial charge on any atom is -0.484 e. The molecule has 1 N–H and O–H groups in total. The lowest BCUT2D eigenvalue weighted by Gasteiger charge is -2.35. The number of para-hydroxylation sites is 1. The highest BCUT2D eigenvalue weighted by atomic mass is 16.5. The third kappa shape index (κ3) is 5.94. The monoisotopic (exact) mass is 349 g/mol. The molecule has 7 heteroatoms. The van der Waals surface area contributed by atoms with Gasteiger partial charge in [-0.3, -0.25) is 4.79 Å². The van der Waals surface area contributed by atoms with Crippen molar-refractivity contribution >= 4 is 11.9 Å². The SMILES string of the molecule is CC[C@@H](COC)NC(=O)N1CCN(C(=O)COc2ccccc2)CC1. The molecule has 138 valence electrons. The highest BCUT2D eigenvalue weighted by Crippen LogP contribution is 2.09. The highest BCUT2D eigenvalue weighted by Gasteiger charge is 2.25. The molecule has 0 unspecified atom stereocenters. The van der Waals surface area contributed by atoms with Crippen LogP contribution in [0, 0.1) is 0 Å². The Labute approximate surface area is 148 Å². The van der Waals surface area contributed by atoms with Crippen LogP contribution in [-0.4, -0.2) is 74.3 Å². The molecule has 0 bridgehead atoms. The van der Waals surface area contributed by atoms with Crippen LogP contribution in [0.3, 0.4) is 0 Å². The van der Waals surface area contributed by atoms with Crippen molar-refractivity contribution in [2.45, 2.75) is 19.4 Å². The summed E-state index contributed by atoms with van der Waals surface area (Å²) >= 11 is 0. The van der Waals surface area contributed by atoms with Gasteiger partial charge in [0.15, 0.2) is 6.61 Å². The maximum Gasteiger partial charge on any atom is 0.317 e. The van der Waals surface area contributed by atoms with E-state index in [1.807, 2.05) is 37.3 Å². The van der Waals surface area contributed by atoms with Crippen LogP contribution in [0.1, 0.15) is 13.3 Å². The van der Waals surface area contributed by atoms with E-state index in [0.717, 1.165) is 6.42 Å². The van der Waals surface area contributed by atoms with E-state index in [0.29, 0.717) is 38.5 Å². The first-order chi connectivity index (χ1) is 12.1. The van der Waals surface area contributed by atoms with Gasteiger partial charge in [-0.2, -0.15) is 0 Å². The van der Waals surface area contributed by atoms with Crippen LogP contribution in [-0.2, 0) is 9.53 Å². The fourth-order valence-electron chi connectivity index (χ4n) is 2.64. The molecule has 1 aromatic rings. The van der Waals surface area contributed by atoms with Gasteiger partial charge < -0.3 is 24.6 Å². The molecule has 1 aromatic carbocycles. The first kappa shape index (κ1) is 19.1. The summed E-state index contributed by atoms with van der Waals surface area (Å²) in [6.45, 7) is 4.60. The number of amides is 3. The Bertz CT molecular complexity index is 545. The Kier molecular flexibility index (Phi) is 7.53. The van der Waals surface area contributed by atoms with Crippen molar-refractivity contribution in [1.82, 2.24) is 15.1 Å². The summed E-state index contributed by atoms with van der Waals surface area (Å²) in [5.41, 5.74) is 0. The van der Waals surface area contributed by atoms with Crippen molar-refractivity contribution in [3.63, 3.8) is 0 Å². The number of urea groups is 1. The average Bonchev–Trinajstić information content (AvgIpc) is 2.66. The van der Waals surface area contributed by atoms with Gasteiger partial charge in [0.1, 0.15) is 5.75 Å². The van der Waals surface area contributed by atoms with Gasteiger partial charge in [-0.1, -0.05) is 25.1 Å². The Hall–Kier alpha value is -2.28. The molecule has 0 aliphatic carbocycles. The van der Waals surface area contributed by atoms with Gasteiger partial charge in [0.25, 0.3) is 5.91 Å². The number of hydrogen-bond donors (Lipinski definition) is 1. The van der Waals surface area contributed by atoms with Crippen molar-refractivity contribution in [3.8, 4) is 5.75 Å². The van der Waals surface area contributed by atoms with E-state index in [4.69, 9.17) is 9.47 Å². The average molecular weight is 349 g/mol. The summed E-state index contributed by atoms with van der Waals surface area (Å²) in [6, 6.07) is 9.18. The molecule has 0 aromatic heterocycles. The topological polar surface area (TPSA) is 71.1 Å². The Balaban J connectivity index is 1.73. The number of ether oxygens (including phenoxy) is 2. The van der Waals surface area contributed by atoms with Gasteiger partial charge in [-0.25, -0.2) is 4.79 Å². The summed E-state index contributed by atoms with van der Waals surface area (Å²) in [4.78, 5) is 28.0. The van der Waals surface area contributed by atoms with Gasteiger partial charge in [-0.15, -0.1) is 0 Å². The van der Waals surface area contributed by atoms with Gasteiger partial charge in [0.2, 0.25) is 0 Å². The molecule has 3 amide bonds. The van der Waals surface area contributed by atoms with Crippen LogP contribution in [0.5, 0.6) is 5.75 Å². The molecule has 1 aliphatic heterocycles. The van der Waals surface area contributed by atoms with Crippen molar-refractivity contribution in [2.24, 2.45) is 0 Å². The smallest absolute Gasteiger partial charge is 0.317 e. The number of hydrogen-bond acceptors (Lipinski definition) is 4. The van der Waals surface area contributed by atoms with E-state index in [9.17, 15) is 9.59 Å². The molecule has 1 aliphatic rings. The van der Waals surface area contributed by atoms with Gasteiger partial charge in [0, 0.05) is 33.3 Å². The zero-order valence-corrected chi connectivity index (χ0v) is 14.9. The number of piperazine rings is 1. The predicted molar refractivity (Wildman–Crippen MR) is 94.6 cm³/mol. The maximum absolute atomic E-state index is 12.3. The number of rotatable bonds is 7. The number of nitrogens with one attached hydrogen (secondary N) is 1. The van der Waals surface area contributed by atoms with Crippen LogP contribution < -0.4 is 10.1 Å². The number of benzene rings is 1. The van der Waals surface area contributed by atoms with Crippen molar-refractivity contribution in [2.75, 3.05) is 46.5 Å². The number of methoxy groups -OCH3 is 1. The lowest BCUT2D eigenvalue weighted by atomic mass is 10.2. The van der Waals surface area contributed by atoms with Crippen LogP contribution >= 0.6 is 0 Å². The Morgan fingerprint density at radius 3 is 2.36 bits per heavy atom. The van der Waals surface area contributed by atoms with E-state index >= 15 is 0 Å². The van der Waals surface area contributed by atoms with Gasteiger partial charge in [-0.05, 0) is 18.6 Å². The standard InChI is InChI=1S/C18H27N3O4/c1-3-15(13-24-2)19-18(23)21-11-9-20(10-12-21)17(22)14-25-16-7-5-4-6-8-16/h4-8,15H,3,9-14H2,1-2H3,(H,19,23)/t15-/m0/s1. The molecule has 1 saturated heterocycles. The molecule has 0 spiro atoms. The molecule has 0 radical (unpaired) electrons. The Morgan fingerprint density at radius 1 is 1.12 bits per heavy atom. The van der Waals surface area contributed by atoms with Crippen LogP contribution in [0.2, 0.25) is 0 Å². The molecule has 1 heterocycles. The van der Waals surface area contributed by atoms with Gasteiger partial charge in [0.05, 0.1) is 12.6 Å². The summed E-state index contributed by atoms with van der Waals surface area (Å²) < 4.78 is 10.6. The van der Waals surface area contributed by atoms with Crippen molar-refractivity contribution in [1.29, 1.82) is 0 Å². The predicted octanol–water partition coefficient (Wildman–Crippen LogP) is 1.34. The van der Waals surface area contributed by atoms with Crippen molar-refractivity contribution < 1.29 is 19.1 Å². The minimum absolute atomic E-state index is 0.0106. The van der Waals surface area contributed by atoms with Crippen LogP contribution in [0.25, 0.3) is 0 Å². The number of carbonyl (C=O) groups excluding carboxylic acids is 2. The fourth-order valence-corrected chi connectivity index (χ4v) is 2.64. The van der Waals surface area contributed by atoms with Crippen molar-refractivity contribution in [3.05, 3.63) is 30.3 Å². The van der Waals surface area contributed by atoms with E-state index in [2.05, 4.69) is 5.32 Å². The van der Waals surface area contributed by atoms with E-state index in [-0.39, 0.29) is 24.6 Å². The second-order valence-electron chi connectivity index (χ2n) is 5.98. The van der Waals surface area contributed by atoms with Gasteiger partial charge >= 0.3 is 6.03 Å². The molecular weight excluding hydrogens is 322 g/mol. The molecule has 2 rings (SSSR count).